The summed E-state index contributed by atoms with van der Waals surface area (Å²) in [6.45, 7) is 2.99. The molecule has 1 aromatic rings. The highest BCUT2D eigenvalue weighted by Gasteiger charge is 2.10. The zero-order chi connectivity index (χ0) is 14.0. The first kappa shape index (κ1) is 15.2. The minimum absolute atomic E-state index is 0.747. The third-order valence-electron chi connectivity index (χ3n) is 3.52. The number of nitrogens with two attached hydrogens (primary N) is 1. The van der Waals surface area contributed by atoms with Crippen molar-refractivity contribution in [3.63, 3.8) is 0 Å². The number of nitrogens with zero attached hydrogens (tertiary/aromatic N) is 2. The highest BCUT2D eigenvalue weighted by Crippen LogP contribution is 2.17. The fourth-order valence-corrected chi connectivity index (χ4v) is 3.22. The molecule has 2 N–H and O–H groups in total. The standard InChI is InChI=1S/C16H25N3S/c17-16(19-12-6-1-2-7-13-19)18-11-8-14-20-15-9-4-3-5-10-15/h3-5,9-10H,1-2,6-8,11-14H2,(H2,17,18). The lowest BCUT2D eigenvalue weighted by Crippen LogP contribution is -2.38. The minimum atomic E-state index is 0.747. The van der Waals surface area contributed by atoms with Crippen molar-refractivity contribution in [1.29, 1.82) is 0 Å². The molecule has 2 rings (SSSR count). The summed E-state index contributed by atoms with van der Waals surface area (Å²) in [5, 5.41) is 0. The van der Waals surface area contributed by atoms with Crippen LogP contribution >= 0.6 is 11.8 Å². The van der Waals surface area contributed by atoms with E-state index in [0.717, 1.165) is 37.8 Å². The van der Waals surface area contributed by atoms with Crippen molar-refractivity contribution in [3.05, 3.63) is 30.3 Å². The van der Waals surface area contributed by atoms with Gasteiger partial charge in [-0.15, -0.1) is 11.8 Å². The summed E-state index contributed by atoms with van der Waals surface area (Å²) in [6, 6.07) is 10.5. The first-order valence-electron chi connectivity index (χ1n) is 7.59. The lowest BCUT2D eigenvalue weighted by molar-refractivity contribution is 0.428. The Labute approximate surface area is 126 Å². The molecule has 1 aromatic carbocycles. The average molecular weight is 291 g/mol. The van der Waals surface area contributed by atoms with E-state index in [9.17, 15) is 0 Å². The molecule has 0 amide bonds. The van der Waals surface area contributed by atoms with Crippen LogP contribution in [0.15, 0.2) is 40.2 Å². The number of aliphatic imine (C=N–C) groups is 1. The molecule has 1 aliphatic rings. The summed E-state index contributed by atoms with van der Waals surface area (Å²) in [6.07, 6.45) is 6.24. The molecule has 0 spiro atoms. The third-order valence-corrected chi connectivity index (χ3v) is 4.62. The molecule has 0 saturated carbocycles. The molecule has 1 aliphatic heterocycles. The number of benzene rings is 1. The quantitative estimate of drug-likeness (QED) is 0.391. The lowest BCUT2D eigenvalue weighted by atomic mass is 10.2. The summed E-state index contributed by atoms with van der Waals surface area (Å²) in [5.41, 5.74) is 6.08. The molecule has 20 heavy (non-hydrogen) atoms. The Bertz CT molecular complexity index is 397. The zero-order valence-electron chi connectivity index (χ0n) is 12.1. The fourth-order valence-electron chi connectivity index (χ4n) is 2.36. The zero-order valence-corrected chi connectivity index (χ0v) is 12.9. The third kappa shape index (κ3) is 5.45. The van der Waals surface area contributed by atoms with Gasteiger partial charge in [0.1, 0.15) is 0 Å². The van der Waals surface area contributed by atoms with Crippen LogP contribution in [0.1, 0.15) is 32.1 Å². The molecular formula is C16H25N3S. The first-order valence-corrected chi connectivity index (χ1v) is 8.57. The Morgan fingerprint density at radius 3 is 2.50 bits per heavy atom. The van der Waals surface area contributed by atoms with Crippen molar-refractivity contribution in [2.75, 3.05) is 25.4 Å². The monoisotopic (exact) mass is 291 g/mol. The Kier molecular flexibility index (Phi) is 6.78. The van der Waals surface area contributed by atoms with Gasteiger partial charge in [0.05, 0.1) is 0 Å². The van der Waals surface area contributed by atoms with Gasteiger partial charge in [-0.1, -0.05) is 31.0 Å². The fraction of sp³-hybridized carbons (Fsp3) is 0.562. The van der Waals surface area contributed by atoms with Crippen LogP contribution in [0.2, 0.25) is 0 Å². The summed E-state index contributed by atoms with van der Waals surface area (Å²) in [7, 11) is 0. The van der Waals surface area contributed by atoms with Crippen LogP contribution < -0.4 is 5.73 Å². The number of guanidine groups is 1. The largest absolute Gasteiger partial charge is 0.370 e. The Balaban J connectivity index is 1.64. The van der Waals surface area contributed by atoms with Gasteiger partial charge < -0.3 is 10.6 Å². The van der Waals surface area contributed by atoms with Crippen molar-refractivity contribution in [2.24, 2.45) is 10.7 Å². The van der Waals surface area contributed by atoms with E-state index in [4.69, 9.17) is 5.73 Å². The molecule has 110 valence electrons. The summed E-state index contributed by atoms with van der Waals surface area (Å²) >= 11 is 1.89. The highest BCUT2D eigenvalue weighted by atomic mass is 32.2. The van der Waals surface area contributed by atoms with Crippen molar-refractivity contribution in [3.8, 4) is 0 Å². The van der Waals surface area contributed by atoms with Crippen LogP contribution in [0.5, 0.6) is 0 Å². The maximum absolute atomic E-state index is 6.08. The molecule has 0 aliphatic carbocycles. The normalized spacial score (nSPS) is 17.0. The van der Waals surface area contributed by atoms with Gasteiger partial charge in [0.15, 0.2) is 5.96 Å². The molecule has 0 unspecified atom stereocenters. The van der Waals surface area contributed by atoms with Gasteiger partial charge in [0.2, 0.25) is 0 Å². The van der Waals surface area contributed by atoms with Crippen LogP contribution in [0.3, 0.4) is 0 Å². The predicted octanol–water partition coefficient (Wildman–Crippen LogP) is 3.36. The van der Waals surface area contributed by atoms with Gasteiger partial charge in [-0.3, -0.25) is 4.99 Å². The predicted molar refractivity (Wildman–Crippen MR) is 88.3 cm³/mol. The molecule has 0 aromatic heterocycles. The summed E-state index contributed by atoms with van der Waals surface area (Å²) in [4.78, 5) is 8.11. The number of hydrogen-bond donors (Lipinski definition) is 1. The maximum atomic E-state index is 6.08. The molecule has 0 atom stereocenters. The molecule has 3 nitrogen and oxygen atoms in total. The van der Waals surface area contributed by atoms with E-state index in [1.807, 2.05) is 11.8 Å². The van der Waals surface area contributed by atoms with E-state index >= 15 is 0 Å². The van der Waals surface area contributed by atoms with Crippen molar-refractivity contribution in [1.82, 2.24) is 4.90 Å². The minimum Gasteiger partial charge on any atom is -0.370 e. The average Bonchev–Trinajstić information content (AvgIpc) is 2.77. The number of rotatable bonds is 5. The van der Waals surface area contributed by atoms with Gasteiger partial charge >= 0.3 is 0 Å². The molecule has 0 bridgehead atoms. The van der Waals surface area contributed by atoms with E-state index < -0.39 is 0 Å². The Morgan fingerprint density at radius 1 is 1.10 bits per heavy atom. The number of thioether (sulfide) groups is 1. The number of hydrogen-bond acceptors (Lipinski definition) is 2. The molecule has 1 saturated heterocycles. The van der Waals surface area contributed by atoms with Crippen LogP contribution in [0, 0.1) is 0 Å². The lowest BCUT2D eigenvalue weighted by Gasteiger charge is -2.21. The maximum Gasteiger partial charge on any atom is 0.191 e. The highest BCUT2D eigenvalue weighted by molar-refractivity contribution is 7.99. The molecule has 0 radical (unpaired) electrons. The van der Waals surface area contributed by atoms with E-state index in [0.29, 0.717) is 0 Å². The van der Waals surface area contributed by atoms with Gasteiger partial charge in [0, 0.05) is 24.5 Å². The Morgan fingerprint density at radius 2 is 1.80 bits per heavy atom. The van der Waals surface area contributed by atoms with Crippen LogP contribution in [-0.2, 0) is 0 Å². The van der Waals surface area contributed by atoms with Crippen LogP contribution in [-0.4, -0.2) is 36.2 Å². The first-order chi connectivity index (χ1) is 9.86. The van der Waals surface area contributed by atoms with E-state index in [-0.39, 0.29) is 0 Å². The second-order valence-electron chi connectivity index (χ2n) is 5.16. The molecule has 4 heteroatoms. The van der Waals surface area contributed by atoms with E-state index in [1.54, 1.807) is 0 Å². The SMILES string of the molecule is NC(=NCCCSc1ccccc1)N1CCCCCC1. The smallest absolute Gasteiger partial charge is 0.191 e. The van der Waals surface area contributed by atoms with Gasteiger partial charge in [-0.25, -0.2) is 0 Å². The van der Waals surface area contributed by atoms with Gasteiger partial charge in [-0.05, 0) is 37.1 Å². The van der Waals surface area contributed by atoms with Crippen molar-refractivity contribution < 1.29 is 0 Å². The topological polar surface area (TPSA) is 41.6 Å². The molecular weight excluding hydrogens is 266 g/mol. The molecule has 1 heterocycles. The van der Waals surface area contributed by atoms with Crippen molar-refractivity contribution in [2.45, 2.75) is 37.0 Å². The summed E-state index contributed by atoms with van der Waals surface area (Å²) in [5.74, 6) is 1.84. The van der Waals surface area contributed by atoms with Crippen LogP contribution in [0.25, 0.3) is 0 Å². The Hall–Kier alpha value is -1.16. The van der Waals surface area contributed by atoms with Gasteiger partial charge in [-0.2, -0.15) is 0 Å². The van der Waals surface area contributed by atoms with Gasteiger partial charge in [0.25, 0.3) is 0 Å². The number of likely N-dealkylation sites (tertiary alicyclic amines) is 1. The molecule has 1 fully saturated rings. The van der Waals surface area contributed by atoms with Crippen LogP contribution in [0.4, 0.5) is 0 Å². The summed E-state index contributed by atoms with van der Waals surface area (Å²) < 4.78 is 0. The second-order valence-corrected chi connectivity index (χ2v) is 6.32. The van der Waals surface area contributed by atoms with E-state index in [1.165, 1.54) is 30.6 Å². The second kappa shape index (κ2) is 8.90. The van der Waals surface area contributed by atoms with Crippen molar-refractivity contribution >= 4 is 17.7 Å². The van der Waals surface area contributed by atoms with E-state index in [2.05, 4.69) is 40.2 Å².